The minimum absolute atomic E-state index is 0.00450. The monoisotopic (exact) mass is 344 g/mol. The van der Waals surface area contributed by atoms with Gasteiger partial charge < -0.3 is 9.80 Å². The van der Waals surface area contributed by atoms with Gasteiger partial charge in [0.2, 0.25) is 5.91 Å². The first kappa shape index (κ1) is 16.1. The van der Waals surface area contributed by atoms with Crippen molar-refractivity contribution in [3.63, 3.8) is 0 Å². The number of nitrogens with zero attached hydrogens (tertiary/aromatic N) is 4. The Morgan fingerprint density at radius 1 is 1.25 bits per heavy atom. The normalized spacial score (nSPS) is 15.0. The van der Waals surface area contributed by atoms with Crippen molar-refractivity contribution in [3.05, 3.63) is 57.6 Å². The zero-order chi connectivity index (χ0) is 16.9. The summed E-state index contributed by atoms with van der Waals surface area (Å²) in [6.45, 7) is 2.69. The second-order valence-electron chi connectivity index (χ2n) is 5.28. The molecule has 1 aliphatic rings. The fraction of sp³-hybridized carbons (Fsp3) is 0.250. The first-order valence-electron chi connectivity index (χ1n) is 7.50. The fourth-order valence-corrected chi connectivity index (χ4v) is 3.25. The van der Waals surface area contributed by atoms with E-state index >= 15 is 0 Å². The van der Waals surface area contributed by atoms with Crippen LogP contribution in [0.4, 0.5) is 10.8 Å². The molecule has 2 aromatic rings. The van der Waals surface area contributed by atoms with Gasteiger partial charge in [0.05, 0.1) is 10.5 Å². The molecular formula is C16H16N4O3S. The van der Waals surface area contributed by atoms with Crippen LogP contribution in [0.1, 0.15) is 5.56 Å². The molecule has 1 saturated heterocycles. The molecule has 24 heavy (non-hydrogen) atoms. The first-order chi connectivity index (χ1) is 11.6. The summed E-state index contributed by atoms with van der Waals surface area (Å²) in [7, 11) is 0. The lowest BCUT2D eigenvalue weighted by molar-refractivity contribution is -0.385. The molecule has 0 unspecified atom stereocenters. The summed E-state index contributed by atoms with van der Waals surface area (Å²) in [6, 6.07) is 6.37. The van der Waals surface area contributed by atoms with E-state index in [1.165, 1.54) is 18.2 Å². The number of carbonyl (C=O) groups excluding carboxylic acids is 1. The van der Waals surface area contributed by atoms with Crippen LogP contribution in [0.3, 0.4) is 0 Å². The number of thiazole rings is 1. The number of anilines is 1. The molecule has 8 heteroatoms. The molecule has 3 rings (SSSR count). The standard InChI is InChI=1S/C16H16N4O3S/c21-15(6-5-13-3-1-2-4-14(13)20(22)23)18-8-10-19(11-9-18)16-17-7-12-24-16/h1-7,12H,8-11H2/b6-5+. The van der Waals surface area contributed by atoms with Gasteiger partial charge in [-0.2, -0.15) is 0 Å². The molecule has 0 N–H and O–H groups in total. The lowest BCUT2D eigenvalue weighted by atomic mass is 10.1. The Labute approximate surface area is 143 Å². The Hall–Kier alpha value is -2.74. The number of para-hydroxylation sites is 1. The molecule has 1 aromatic heterocycles. The second kappa shape index (κ2) is 7.22. The van der Waals surface area contributed by atoms with Gasteiger partial charge in [0.25, 0.3) is 5.69 Å². The predicted molar refractivity (Wildman–Crippen MR) is 93.0 cm³/mol. The van der Waals surface area contributed by atoms with Crippen molar-refractivity contribution in [1.82, 2.24) is 9.88 Å². The van der Waals surface area contributed by atoms with Crippen LogP contribution in [0.2, 0.25) is 0 Å². The molecule has 0 aliphatic carbocycles. The zero-order valence-corrected chi connectivity index (χ0v) is 13.7. The molecule has 0 saturated carbocycles. The van der Waals surface area contributed by atoms with Crippen molar-refractivity contribution < 1.29 is 9.72 Å². The van der Waals surface area contributed by atoms with Gasteiger partial charge in [-0.15, -0.1) is 11.3 Å². The second-order valence-corrected chi connectivity index (χ2v) is 6.15. The highest BCUT2D eigenvalue weighted by atomic mass is 32.1. The number of hydrogen-bond acceptors (Lipinski definition) is 6. The summed E-state index contributed by atoms with van der Waals surface area (Å²) in [5, 5.41) is 13.9. The van der Waals surface area contributed by atoms with Crippen molar-refractivity contribution >= 4 is 34.1 Å². The number of aromatic nitrogens is 1. The molecule has 2 heterocycles. The maximum atomic E-state index is 12.3. The van der Waals surface area contributed by atoms with Crippen LogP contribution >= 0.6 is 11.3 Å². The minimum Gasteiger partial charge on any atom is -0.345 e. The average Bonchev–Trinajstić information content (AvgIpc) is 3.14. The summed E-state index contributed by atoms with van der Waals surface area (Å²) in [6.07, 6.45) is 4.68. The van der Waals surface area contributed by atoms with Gasteiger partial charge in [-0.1, -0.05) is 12.1 Å². The summed E-state index contributed by atoms with van der Waals surface area (Å²) in [5.74, 6) is -0.132. The maximum absolute atomic E-state index is 12.3. The van der Waals surface area contributed by atoms with E-state index in [4.69, 9.17) is 0 Å². The number of carbonyl (C=O) groups is 1. The predicted octanol–water partition coefficient (Wildman–Crippen LogP) is 2.41. The summed E-state index contributed by atoms with van der Waals surface area (Å²) in [5.41, 5.74) is 0.424. The van der Waals surface area contributed by atoms with E-state index < -0.39 is 4.92 Å². The lowest BCUT2D eigenvalue weighted by Crippen LogP contribution is -2.48. The largest absolute Gasteiger partial charge is 0.345 e. The third-order valence-corrected chi connectivity index (χ3v) is 4.65. The van der Waals surface area contributed by atoms with Crippen LogP contribution in [-0.4, -0.2) is 46.9 Å². The van der Waals surface area contributed by atoms with E-state index in [1.54, 1.807) is 40.6 Å². The van der Waals surface area contributed by atoms with E-state index in [9.17, 15) is 14.9 Å². The number of benzene rings is 1. The minimum atomic E-state index is -0.447. The third kappa shape index (κ3) is 3.60. The number of hydrogen-bond donors (Lipinski definition) is 0. The van der Waals surface area contributed by atoms with Crippen molar-refractivity contribution in [3.8, 4) is 0 Å². The molecule has 1 aliphatic heterocycles. The van der Waals surface area contributed by atoms with E-state index in [-0.39, 0.29) is 11.6 Å². The van der Waals surface area contributed by atoms with Gasteiger partial charge in [0.15, 0.2) is 5.13 Å². The van der Waals surface area contributed by atoms with Crippen molar-refractivity contribution in [2.45, 2.75) is 0 Å². The van der Waals surface area contributed by atoms with E-state index in [1.807, 2.05) is 5.38 Å². The van der Waals surface area contributed by atoms with Crippen LogP contribution in [0.25, 0.3) is 6.08 Å². The number of nitro benzene ring substituents is 1. The molecule has 0 spiro atoms. The Balaban J connectivity index is 1.61. The van der Waals surface area contributed by atoms with Gasteiger partial charge in [-0.3, -0.25) is 14.9 Å². The molecular weight excluding hydrogens is 328 g/mol. The Kier molecular flexibility index (Phi) is 4.85. The van der Waals surface area contributed by atoms with Crippen LogP contribution in [0, 0.1) is 10.1 Å². The fourth-order valence-electron chi connectivity index (χ4n) is 2.55. The van der Waals surface area contributed by atoms with Gasteiger partial charge in [0.1, 0.15) is 0 Å². The molecule has 0 atom stereocenters. The molecule has 0 bridgehead atoms. The SMILES string of the molecule is O=C(/C=C/c1ccccc1[N+](=O)[O-])N1CCN(c2nccs2)CC1. The number of amides is 1. The summed E-state index contributed by atoms with van der Waals surface area (Å²) >= 11 is 1.58. The third-order valence-electron chi connectivity index (χ3n) is 3.82. The highest BCUT2D eigenvalue weighted by Gasteiger charge is 2.21. The van der Waals surface area contributed by atoms with E-state index in [0.29, 0.717) is 18.7 Å². The van der Waals surface area contributed by atoms with E-state index in [0.717, 1.165) is 18.2 Å². The van der Waals surface area contributed by atoms with E-state index in [2.05, 4.69) is 9.88 Å². The average molecular weight is 344 g/mol. The Morgan fingerprint density at radius 2 is 2.00 bits per heavy atom. The van der Waals surface area contributed by atoms with Crippen LogP contribution in [-0.2, 0) is 4.79 Å². The quantitative estimate of drug-likeness (QED) is 0.483. The smallest absolute Gasteiger partial charge is 0.276 e. The van der Waals surface area contributed by atoms with Crippen molar-refractivity contribution in [2.24, 2.45) is 0 Å². The van der Waals surface area contributed by atoms with Crippen LogP contribution in [0.5, 0.6) is 0 Å². The molecule has 7 nitrogen and oxygen atoms in total. The van der Waals surface area contributed by atoms with Gasteiger partial charge >= 0.3 is 0 Å². The molecule has 1 aromatic carbocycles. The number of piperazine rings is 1. The lowest BCUT2D eigenvalue weighted by Gasteiger charge is -2.34. The first-order valence-corrected chi connectivity index (χ1v) is 8.38. The molecule has 124 valence electrons. The van der Waals surface area contributed by atoms with Gasteiger partial charge in [-0.05, 0) is 12.1 Å². The van der Waals surface area contributed by atoms with Gasteiger partial charge in [0, 0.05) is 49.9 Å². The Morgan fingerprint density at radius 3 is 2.67 bits per heavy atom. The van der Waals surface area contributed by atoms with Crippen molar-refractivity contribution in [2.75, 3.05) is 31.1 Å². The Bertz CT molecular complexity index is 752. The number of nitro groups is 1. The molecule has 0 radical (unpaired) electrons. The maximum Gasteiger partial charge on any atom is 0.276 e. The van der Waals surface area contributed by atoms with Gasteiger partial charge in [-0.25, -0.2) is 4.98 Å². The van der Waals surface area contributed by atoms with Crippen LogP contribution < -0.4 is 4.90 Å². The van der Waals surface area contributed by atoms with Crippen LogP contribution in [0.15, 0.2) is 41.9 Å². The molecule has 1 amide bonds. The number of rotatable bonds is 4. The summed E-state index contributed by atoms with van der Waals surface area (Å²) < 4.78 is 0. The zero-order valence-electron chi connectivity index (χ0n) is 12.9. The molecule has 1 fully saturated rings. The topological polar surface area (TPSA) is 79.6 Å². The summed E-state index contributed by atoms with van der Waals surface area (Å²) in [4.78, 5) is 31.0. The highest BCUT2D eigenvalue weighted by molar-refractivity contribution is 7.13. The van der Waals surface area contributed by atoms with Crippen molar-refractivity contribution in [1.29, 1.82) is 0 Å². The highest BCUT2D eigenvalue weighted by Crippen LogP contribution is 2.20.